The summed E-state index contributed by atoms with van der Waals surface area (Å²) >= 11 is 0. The molecular formula is C20H26N4O. The lowest BCUT2D eigenvalue weighted by Gasteiger charge is -2.29. The molecule has 1 N–H and O–H groups in total. The minimum Gasteiger partial charge on any atom is -0.310 e. The largest absolute Gasteiger partial charge is 0.310 e. The number of carbonyl (C=O) groups excluding carboxylic acids is 1. The summed E-state index contributed by atoms with van der Waals surface area (Å²) in [6.07, 6.45) is 6.23. The van der Waals surface area contributed by atoms with Crippen LogP contribution < -0.4 is 10.2 Å². The van der Waals surface area contributed by atoms with Crippen LogP contribution in [0.2, 0.25) is 0 Å². The molecule has 0 unspecified atom stereocenters. The van der Waals surface area contributed by atoms with E-state index in [1.54, 1.807) is 0 Å². The Balaban J connectivity index is 1.49. The van der Waals surface area contributed by atoms with Crippen LogP contribution in [-0.2, 0) is 24.2 Å². The molecule has 132 valence electrons. The Kier molecular flexibility index (Phi) is 4.34. The molecule has 0 spiro atoms. The Morgan fingerprint density at radius 1 is 1.36 bits per heavy atom. The molecule has 1 aromatic heterocycles. The maximum atomic E-state index is 13.0. The molecule has 2 aromatic rings. The van der Waals surface area contributed by atoms with Crippen molar-refractivity contribution in [2.75, 3.05) is 11.4 Å². The van der Waals surface area contributed by atoms with E-state index in [9.17, 15) is 4.79 Å². The van der Waals surface area contributed by atoms with Gasteiger partial charge >= 0.3 is 0 Å². The number of hydrogen-bond acceptors (Lipinski definition) is 3. The highest BCUT2D eigenvalue weighted by Gasteiger charge is 2.31. The first kappa shape index (κ1) is 16.3. The van der Waals surface area contributed by atoms with Crippen molar-refractivity contribution in [2.24, 2.45) is 0 Å². The molecule has 0 radical (unpaired) electrons. The monoisotopic (exact) mass is 338 g/mol. The van der Waals surface area contributed by atoms with Crippen LogP contribution in [0, 0.1) is 0 Å². The van der Waals surface area contributed by atoms with Crippen LogP contribution in [0.15, 0.2) is 30.5 Å². The normalized spacial score (nSPS) is 20.2. The van der Waals surface area contributed by atoms with Gasteiger partial charge in [-0.05, 0) is 51.2 Å². The second kappa shape index (κ2) is 6.64. The van der Waals surface area contributed by atoms with Crippen LogP contribution >= 0.6 is 0 Å². The molecule has 1 aliphatic heterocycles. The Bertz CT molecular complexity index is 782. The van der Waals surface area contributed by atoms with E-state index < -0.39 is 0 Å². The lowest BCUT2D eigenvalue weighted by molar-refractivity contribution is -0.120. The predicted octanol–water partition coefficient (Wildman–Crippen LogP) is 2.85. The summed E-state index contributed by atoms with van der Waals surface area (Å²) in [4.78, 5) is 14.9. The van der Waals surface area contributed by atoms with Gasteiger partial charge in [0, 0.05) is 36.1 Å². The summed E-state index contributed by atoms with van der Waals surface area (Å²) in [6.45, 7) is 5.80. The number of aryl methyl sites for hydroxylation is 1. The van der Waals surface area contributed by atoms with Crippen molar-refractivity contribution in [3.63, 3.8) is 0 Å². The van der Waals surface area contributed by atoms with Crippen LogP contribution in [-0.4, -0.2) is 28.3 Å². The Morgan fingerprint density at radius 3 is 3.04 bits per heavy atom. The molecule has 1 aliphatic carbocycles. The maximum Gasteiger partial charge on any atom is 0.243 e. The van der Waals surface area contributed by atoms with Crippen LogP contribution in [0.25, 0.3) is 0 Å². The van der Waals surface area contributed by atoms with E-state index in [1.165, 1.54) is 16.8 Å². The van der Waals surface area contributed by atoms with Crippen molar-refractivity contribution >= 4 is 11.6 Å². The molecule has 0 saturated heterocycles. The summed E-state index contributed by atoms with van der Waals surface area (Å²) in [6, 6.07) is 8.25. The number of aromatic nitrogens is 2. The van der Waals surface area contributed by atoms with Crippen molar-refractivity contribution in [3.05, 3.63) is 47.3 Å². The summed E-state index contributed by atoms with van der Waals surface area (Å²) in [5.41, 5.74) is 4.95. The average molecular weight is 338 g/mol. The standard InChI is InChI=1S/C20H26N4O/c1-3-24-19-10-6-8-17(16(19)13-21-24)22-14(2)20(25)23-12-11-15-7-4-5-9-18(15)23/h4-5,7,9,13-14,17,22H,3,6,8,10-12H2,1-2H3/t14-,17+/m1/s1. The van der Waals surface area contributed by atoms with Crippen molar-refractivity contribution < 1.29 is 4.79 Å². The third kappa shape index (κ3) is 2.86. The predicted molar refractivity (Wildman–Crippen MR) is 98.7 cm³/mol. The van der Waals surface area contributed by atoms with Crippen molar-refractivity contribution in [3.8, 4) is 0 Å². The first-order valence-electron chi connectivity index (χ1n) is 9.39. The zero-order valence-electron chi connectivity index (χ0n) is 15.0. The van der Waals surface area contributed by atoms with Gasteiger partial charge in [0.1, 0.15) is 0 Å². The number of rotatable bonds is 4. The molecule has 2 aliphatic rings. The number of nitrogens with one attached hydrogen (secondary N) is 1. The Labute approximate surface area is 149 Å². The molecule has 2 atom stereocenters. The second-order valence-corrected chi connectivity index (χ2v) is 7.06. The van der Waals surface area contributed by atoms with Gasteiger partial charge in [0.2, 0.25) is 5.91 Å². The van der Waals surface area contributed by atoms with E-state index in [2.05, 4.69) is 34.2 Å². The Morgan fingerprint density at radius 2 is 2.20 bits per heavy atom. The van der Waals surface area contributed by atoms with Gasteiger partial charge in [-0.3, -0.25) is 14.8 Å². The summed E-state index contributed by atoms with van der Waals surface area (Å²) in [5.74, 6) is 0.167. The number of para-hydroxylation sites is 1. The van der Waals surface area contributed by atoms with E-state index in [4.69, 9.17) is 0 Å². The number of nitrogens with zero attached hydrogens (tertiary/aromatic N) is 3. The third-order valence-corrected chi connectivity index (χ3v) is 5.54. The van der Waals surface area contributed by atoms with Gasteiger partial charge in [0.25, 0.3) is 0 Å². The van der Waals surface area contributed by atoms with E-state index in [0.29, 0.717) is 0 Å². The smallest absolute Gasteiger partial charge is 0.243 e. The quantitative estimate of drug-likeness (QED) is 0.933. The summed E-state index contributed by atoms with van der Waals surface area (Å²) in [5, 5.41) is 8.08. The minimum atomic E-state index is -0.202. The van der Waals surface area contributed by atoms with Gasteiger partial charge in [-0.15, -0.1) is 0 Å². The first-order valence-corrected chi connectivity index (χ1v) is 9.39. The summed E-state index contributed by atoms with van der Waals surface area (Å²) in [7, 11) is 0. The van der Waals surface area contributed by atoms with Gasteiger partial charge in [-0.2, -0.15) is 5.10 Å². The number of benzene rings is 1. The van der Waals surface area contributed by atoms with E-state index in [-0.39, 0.29) is 18.0 Å². The van der Waals surface area contributed by atoms with Crippen LogP contribution in [0.3, 0.4) is 0 Å². The fourth-order valence-corrected chi connectivity index (χ4v) is 4.24. The molecule has 0 bridgehead atoms. The van der Waals surface area contributed by atoms with Gasteiger partial charge in [-0.25, -0.2) is 0 Å². The molecule has 25 heavy (non-hydrogen) atoms. The molecule has 0 fully saturated rings. The molecule has 1 aromatic carbocycles. The van der Waals surface area contributed by atoms with Gasteiger partial charge in [0.05, 0.1) is 12.2 Å². The number of amides is 1. The highest BCUT2D eigenvalue weighted by atomic mass is 16.2. The third-order valence-electron chi connectivity index (χ3n) is 5.54. The molecule has 1 amide bonds. The van der Waals surface area contributed by atoms with Crippen molar-refractivity contribution in [2.45, 2.75) is 58.2 Å². The zero-order chi connectivity index (χ0) is 17.4. The van der Waals surface area contributed by atoms with E-state index in [0.717, 1.165) is 44.5 Å². The average Bonchev–Trinajstić information content (AvgIpc) is 3.25. The topological polar surface area (TPSA) is 50.2 Å². The van der Waals surface area contributed by atoms with Crippen LogP contribution in [0.1, 0.15) is 49.6 Å². The molecule has 0 saturated carbocycles. The van der Waals surface area contributed by atoms with E-state index in [1.807, 2.05) is 30.2 Å². The number of fused-ring (bicyclic) bond motifs is 2. The molecule has 4 rings (SSSR count). The molecule has 5 nitrogen and oxygen atoms in total. The summed E-state index contributed by atoms with van der Waals surface area (Å²) < 4.78 is 2.09. The fourth-order valence-electron chi connectivity index (χ4n) is 4.24. The number of anilines is 1. The Hall–Kier alpha value is -2.14. The highest BCUT2D eigenvalue weighted by Crippen LogP contribution is 2.31. The molecule has 2 heterocycles. The number of carbonyl (C=O) groups is 1. The van der Waals surface area contributed by atoms with Crippen LogP contribution in [0.4, 0.5) is 5.69 Å². The first-order chi connectivity index (χ1) is 12.2. The SMILES string of the molecule is CCn1ncc2c1CCC[C@@H]2N[C@H](C)C(=O)N1CCc2ccccc21. The maximum absolute atomic E-state index is 13.0. The lowest BCUT2D eigenvalue weighted by atomic mass is 9.92. The lowest BCUT2D eigenvalue weighted by Crippen LogP contribution is -2.46. The van der Waals surface area contributed by atoms with Crippen molar-refractivity contribution in [1.29, 1.82) is 0 Å². The van der Waals surface area contributed by atoms with E-state index >= 15 is 0 Å². The van der Waals surface area contributed by atoms with Gasteiger partial charge < -0.3 is 4.90 Å². The minimum absolute atomic E-state index is 0.167. The molecular weight excluding hydrogens is 312 g/mol. The second-order valence-electron chi connectivity index (χ2n) is 7.06. The molecule has 5 heteroatoms. The highest BCUT2D eigenvalue weighted by molar-refractivity contribution is 5.98. The number of hydrogen-bond donors (Lipinski definition) is 1. The van der Waals surface area contributed by atoms with Gasteiger partial charge in [-0.1, -0.05) is 18.2 Å². The van der Waals surface area contributed by atoms with Crippen molar-refractivity contribution in [1.82, 2.24) is 15.1 Å². The van der Waals surface area contributed by atoms with Gasteiger partial charge in [0.15, 0.2) is 0 Å². The zero-order valence-corrected chi connectivity index (χ0v) is 15.0. The fraction of sp³-hybridized carbons (Fsp3) is 0.500. The van der Waals surface area contributed by atoms with Crippen LogP contribution in [0.5, 0.6) is 0 Å².